The van der Waals surface area contributed by atoms with Crippen LogP contribution in [0, 0.1) is 0 Å². The molecule has 0 aliphatic carbocycles. The number of unbranched alkanes of at least 4 members (excludes halogenated alkanes) is 4. The Balaban J connectivity index is 4.27. The second-order valence-electron chi connectivity index (χ2n) is 4.19. The Bertz CT molecular complexity index is 256. The molecule has 0 aliphatic heterocycles. The molecule has 1 atom stereocenters. The Morgan fingerprint density at radius 3 is 2.29 bits per heavy atom. The Morgan fingerprint density at radius 2 is 1.82 bits per heavy atom. The van der Waals surface area contributed by atoms with E-state index in [2.05, 4.69) is 11.7 Å². The molecule has 4 heteroatoms. The van der Waals surface area contributed by atoms with Gasteiger partial charge in [-0.2, -0.15) is 0 Å². The Kier molecular flexibility index (Phi) is 8.50. The van der Waals surface area contributed by atoms with Crippen LogP contribution in [0.3, 0.4) is 0 Å². The fourth-order valence-electron chi connectivity index (χ4n) is 1.67. The van der Waals surface area contributed by atoms with Crippen molar-refractivity contribution in [1.29, 1.82) is 0 Å². The molecule has 4 nitrogen and oxygen atoms in total. The van der Waals surface area contributed by atoms with Gasteiger partial charge in [0, 0.05) is 6.42 Å². The number of aliphatic hydroxyl groups is 2. The maximum absolute atomic E-state index is 11.3. The van der Waals surface area contributed by atoms with Crippen LogP contribution in [0.1, 0.15) is 52.4 Å². The number of ether oxygens (including phenoxy) is 1. The quantitative estimate of drug-likeness (QED) is 0.298. The van der Waals surface area contributed by atoms with Crippen molar-refractivity contribution in [2.75, 3.05) is 7.11 Å². The van der Waals surface area contributed by atoms with Crippen LogP contribution in [0.25, 0.3) is 0 Å². The van der Waals surface area contributed by atoms with Crippen molar-refractivity contribution in [2.24, 2.45) is 0 Å². The molecule has 0 aromatic heterocycles. The highest BCUT2D eigenvalue weighted by molar-refractivity contribution is 5.89. The van der Waals surface area contributed by atoms with Crippen molar-refractivity contribution in [3.8, 4) is 0 Å². The lowest BCUT2D eigenvalue weighted by Crippen LogP contribution is -2.18. The van der Waals surface area contributed by atoms with Gasteiger partial charge in [0.1, 0.15) is 11.3 Å². The van der Waals surface area contributed by atoms with Gasteiger partial charge in [0.2, 0.25) is 0 Å². The number of methoxy groups -OCH3 is 1. The van der Waals surface area contributed by atoms with Crippen molar-refractivity contribution >= 4 is 5.97 Å². The van der Waals surface area contributed by atoms with Gasteiger partial charge in [-0.05, 0) is 13.3 Å². The van der Waals surface area contributed by atoms with E-state index >= 15 is 0 Å². The third-order valence-corrected chi connectivity index (χ3v) is 2.65. The average molecular weight is 244 g/mol. The zero-order valence-corrected chi connectivity index (χ0v) is 11.0. The van der Waals surface area contributed by atoms with Crippen molar-refractivity contribution in [2.45, 2.75) is 58.5 Å². The van der Waals surface area contributed by atoms with Crippen LogP contribution in [0.5, 0.6) is 0 Å². The summed E-state index contributed by atoms with van der Waals surface area (Å²) in [5, 5.41) is 19.2. The van der Waals surface area contributed by atoms with E-state index in [1.807, 2.05) is 0 Å². The van der Waals surface area contributed by atoms with Crippen LogP contribution >= 0.6 is 0 Å². The van der Waals surface area contributed by atoms with Gasteiger partial charge in [0.25, 0.3) is 0 Å². The summed E-state index contributed by atoms with van der Waals surface area (Å²) in [6.07, 6.45) is 4.74. The first kappa shape index (κ1) is 16.0. The molecule has 0 saturated carbocycles. The van der Waals surface area contributed by atoms with E-state index < -0.39 is 12.1 Å². The summed E-state index contributed by atoms with van der Waals surface area (Å²) in [4.78, 5) is 11.3. The lowest BCUT2D eigenvalue weighted by molar-refractivity contribution is -0.137. The number of carbonyl (C=O) groups excluding carboxylic acids is 1. The highest BCUT2D eigenvalue weighted by Gasteiger charge is 2.20. The van der Waals surface area contributed by atoms with Crippen LogP contribution < -0.4 is 0 Å². The maximum Gasteiger partial charge on any atom is 0.339 e. The topological polar surface area (TPSA) is 66.8 Å². The van der Waals surface area contributed by atoms with Gasteiger partial charge in [-0.1, -0.05) is 32.6 Å². The molecule has 1 unspecified atom stereocenters. The predicted molar refractivity (Wildman–Crippen MR) is 66.7 cm³/mol. The van der Waals surface area contributed by atoms with Gasteiger partial charge in [-0.3, -0.25) is 0 Å². The Morgan fingerprint density at radius 1 is 1.24 bits per heavy atom. The predicted octanol–water partition coefficient (Wildman–Crippen LogP) is 2.71. The van der Waals surface area contributed by atoms with Gasteiger partial charge in [-0.25, -0.2) is 4.79 Å². The molecule has 17 heavy (non-hydrogen) atoms. The van der Waals surface area contributed by atoms with Gasteiger partial charge in [-0.15, -0.1) is 0 Å². The fraction of sp³-hybridized carbons (Fsp3) is 0.769. The molecule has 0 aromatic rings. The number of rotatable bonds is 8. The van der Waals surface area contributed by atoms with Crippen molar-refractivity contribution in [3.63, 3.8) is 0 Å². The minimum absolute atomic E-state index is 0.0250. The Labute approximate surface area is 103 Å². The molecule has 0 heterocycles. The van der Waals surface area contributed by atoms with Gasteiger partial charge in [0.15, 0.2) is 0 Å². The summed E-state index contributed by atoms with van der Waals surface area (Å²) in [5.74, 6) is -0.714. The number of esters is 1. The SMILES string of the molecule is CCCCCCCC(O)=C(C(=O)OC)C(C)O. The zero-order valence-electron chi connectivity index (χ0n) is 11.0. The van der Waals surface area contributed by atoms with Gasteiger partial charge < -0.3 is 14.9 Å². The molecule has 0 rings (SSSR count). The highest BCUT2D eigenvalue weighted by Crippen LogP contribution is 2.16. The van der Waals surface area contributed by atoms with E-state index in [4.69, 9.17) is 0 Å². The molecule has 0 aliphatic rings. The fourth-order valence-corrected chi connectivity index (χ4v) is 1.67. The minimum Gasteiger partial charge on any atom is -0.512 e. The van der Waals surface area contributed by atoms with E-state index in [0.29, 0.717) is 6.42 Å². The molecule has 0 saturated heterocycles. The molecule has 0 aromatic carbocycles. The minimum atomic E-state index is -1.00. The van der Waals surface area contributed by atoms with E-state index in [1.54, 1.807) is 0 Å². The molecule has 0 spiro atoms. The standard InChI is InChI=1S/C13H24O4/c1-4-5-6-7-8-9-11(15)12(10(2)14)13(16)17-3/h10,14-15H,4-9H2,1-3H3. The van der Waals surface area contributed by atoms with Crippen LogP contribution in [0.15, 0.2) is 11.3 Å². The van der Waals surface area contributed by atoms with Crippen molar-refractivity contribution < 1.29 is 19.7 Å². The third kappa shape index (κ3) is 6.31. The smallest absolute Gasteiger partial charge is 0.339 e. The summed E-state index contributed by atoms with van der Waals surface area (Å²) in [5.41, 5.74) is -0.0250. The summed E-state index contributed by atoms with van der Waals surface area (Å²) < 4.78 is 4.52. The number of hydrogen-bond donors (Lipinski definition) is 2. The summed E-state index contributed by atoms with van der Waals surface area (Å²) >= 11 is 0. The van der Waals surface area contributed by atoms with E-state index in [-0.39, 0.29) is 11.3 Å². The number of hydrogen-bond acceptors (Lipinski definition) is 4. The summed E-state index contributed by atoms with van der Waals surface area (Å²) in [7, 11) is 1.24. The molecule has 100 valence electrons. The van der Waals surface area contributed by atoms with E-state index in [9.17, 15) is 15.0 Å². The monoisotopic (exact) mass is 244 g/mol. The van der Waals surface area contributed by atoms with Crippen LogP contribution in [-0.4, -0.2) is 29.4 Å². The highest BCUT2D eigenvalue weighted by atomic mass is 16.5. The van der Waals surface area contributed by atoms with Crippen LogP contribution in [-0.2, 0) is 9.53 Å². The normalized spacial score (nSPS) is 14.1. The van der Waals surface area contributed by atoms with Crippen molar-refractivity contribution in [3.05, 3.63) is 11.3 Å². The second kappa shape index (κ2) is 9.05. The first-order chi connectivity index (χ1) is 8.04. The Hall–Kier alpha value is -1.03. The first-order valence-electron chi connectivity index (χ1n) is 6.22. The summed E-state index contributed by atoms with van der Waals surface area (Å²) in [6, 6.07) is 0. The van der Waals surface area contributed by atoms with Crippen LogP contribution in [0.4, 0.5) is 0 Å². The molecule has 0 radical (unpaired) electrons. The van der Waals surface area contributed by atoms with E-state index in [0.717, 1.165) is 19.3 Å². The summed E-state index contributed by atoms with van der Waals surface area (Å²) in [6.45, 7) is 3.58. The van der Waals surface area contributed by atoms with E-state index in [1.165, 1.54) is 26.9 Å². The molecular weight excluding hydrogens is 220 g/mol. The van der Waals surface area contributed by atoms with Crippen molar-refractivity contribution in [1.82, 2.24) is 0 Å². The molecule has 0 fully saturated rings. The lowest BCUT2D eigenvalue weighted by atomic mass is 10.0. The second-order valence-corrected chi connectivity index (χ2v) is 4.19. The lowest BCUT2D eigenvalue weighted by Gasteiger charge is -2.11. The zero-order chi connectivity index (χ0) is 13.3. The largest absolute Gasteiger partial charge is 0.512 e. The van der Waals surface area contributed by atoms with Crippen LogP contribution in [0.2, 0.25) is 0 Å². The average Bonchev–Trinajstić information content (AvgIpc) is 2.28. The molecule has 2 N–H and O–H groups in total. The first-order valence-corrected chi connectivity index (χ1v) is 6.22. The maximum atomic E-state index is 11.3. The molecule has 0 amide bonds. The van der Waals surface area contributed by atoms with Gasteiger partial charge in [0.05, 0.1) is 13.2 Å². The molecule has 0 bridgehead atoms. The number of aliphatic hydroxyl groups excluding tert-OH is 2. The van der Waals surface area contributed by atoms with Gasteiger partial charge >= 0.3 is 5.97 Å². The number of carbonyl (C=O) groups is 1. The third-order valence-electron chi connectivity index (χ3n) is 2.65. The molecular formula is C13H24O4. The number of allylic oxidation sites excluding steroid dienone is 1.